The molecule has 1 aliphatic rings. The van der Waals surface area contributed by atoms with Crippen molar-refractivity contribution >= 4 is 17.6 Å². The van der Waals surface area contributed by atoms with Gasteiger partial charge in [-0.2, -0.15) is 0 Å². The molecule has 1 aromatic carbocycles. The Morgan fingerprint density at radius 3 is 2.41 bits per heavy atom. The van der Waals surface area contributed by atoms with Crippen molar-refractivity contribution in [3.8, 4) is 5.75 Å². The summed E-state index contributed by atoms with van der Waals surface area (Å²) in [6.07, 6.45) is 3.87. The number of piperazine rings is 1. The minimum Gasteiger partial charge on any atom is -0.507 e. The summed E-state index contributed by atoms with van der Waals surface area (Å²) in [4.78, 5) is 23.7. The van der Waals surface area contributed by atoms with Gasteiger partial charge >= 0.3 is 0 Å². The minimum absolute atomic E-state index is 0.0725. The molecule has 4 rings (SSSR count). The van der Waals surface area contributed by atoms with Crippen molar-refractivity contribution in [2.75, 3.05) is 37.3 Å². The van der Waals surface area contributed by atoms with Crippen LogP contribution in [0.3, 0.4) is 0 Å². The molecular weight excluding hydrogens is 420 g/mol. The summed E-state index contributed by atoms with van der Waals surface area (Å²) in [7, 11) is 0. The summed E-state index contributed by atoms with van der Waals surface area (Å²) < 4.78 is 1.74. The Bertz CT molecular complexity index is 1110. The maximum absolute atomic E-state index is 13.5. The minimum atomic E-state index is -0.303. The van der Waals surface area contributed by atoms with Gasteiger partial charge in [-0.25, -0.2) is 4.98 Å². The maximum atomic E-state index is 13.5. The Morgan fingerprint density at radius 1 is 1.09 bits per heavy atom. The van der Waals surface area contributed by atoms with Crippen LogP contribution in [0.5, 0.6) is 5.75 Å². The number of aromatic nitrogens is 2. The lowest BCUT2D eigenvalue weighted by Gasteiger charge is -2.40. The molecule has 3 heterocycles. The second kappa shape index (κ2) is 9.79. The summed E-state index contributed by atoms with van der Waals surface area (Å²) in [5.41, 5.74) is 2.14. The van der Waals surface area contributed by atoms with Gasteiger partial charge in [0, 0.05) is 49.5 Å². The fraction of sp³-hybridized carbons (Fsp3) is 0.360. The second-order valence-electron chi connectivity index (χ2n) is 8.02. The van der Waals surface area contributed by atoms with E-state index in [0.717, 1.165) is 43.3 Å². The molecule has 6 nitrogen and oxygen atoms in total. The van der Waals surface area contributed by atoms with Gasteiger partial charge in [0.05, 0.1) is 11.6 Å². The monoisotopic (exact) mass is 450 g/mol. The average molecular weight is 451 g/mol. The highest BCUT2D eigenvalue weighted by atomic mass is 32.2. The van der Waals surface area contributed by atoms with Crippen molar-refractivity contribution in [2.45, 2.75) is 31.3 Å². The van der Waals surface area contributed by atoms with Crippen LogP contribution in [0.2, 0.25) is 0 Å². The lowest BCUT2D eigenvalue weighted by Crippen LogP contribution is -2.49. The molecule has 1 aliphatic heterocycles. The third kappa shape index (κ3) is 4.40. The SMILES string of the molecule is CCn1c(C)cc(O)c([C@@H](c2ccc(SC)cc2)N2CCN(c3ccccn3)CC2)c1=O. The molecule has 0 saturated carbocycles. The summed E-state index contributed by atoms with van der Waals surface area (Å²) in [6.45, 7) is 7.56. The van der Waals surface area contributed by atoms with Gasteiger partial charge < -0.3 is 14.6 Å². The molecule has 0 spiro atoms. The van der Waals surface area contributed by atoms with E-state index in [2.05, 4.69) is 45.3 Å². The number of aromatic hydroxyl groups is 1. The van der Waals surface area contributed by atoms with Gasteiger partial charge in [-0.15, -0.1) is 11.8 Å². The quantitative estimate of drug-likeness (QED) is 0.575. The summed E-state index contributed by atoms with van der Waals surface area (Å²) >= 11 is 1.69. The van der Waals surface area contributed by atoms with E-state index in [1.807, 2.05) is 38.2 Å². The topological polar surface area (TPSA) is 61.6 Å². The number of nitrogens with zero attached hydrogens (tertiary/aromatic N) is 4. The Balaban J connectivity index is 1.72. The number of anilines is 1. The van der Waals surface area contributed by atoms with Gasteiger partial charge in [0.1, 0.15) is 11.6 Å². The number of hydrogen-bond acceptors (Lipinski definition) is 6. The largest absolute Gasteiger partial charge is 0.507 e. The summed E-state index contributed by atoms with van der Waals surface area (Å²) in [5.74, 6) is 1.04. The smallest absolute Gasteiger partial charge is 0.259 e. The first-order valence-electron chi connectivity index (χ1n) is 11.0. The molecule has 1 fully saturated rings. The molecule has 0 bridgehead atoms. The van der Waals surface area contributed by atoms with Crippen molar-refractivity contribution in [1.29, 1.82) is 0 Å². The van der Waals surface area contributed by atoms with Crippen LogP contribution in [0, 0.1) is 6.92 Å². The third-order valence-electron chi connectivity index (χ3n) is 6.20. The van der Waals surface area contributed by atoms with Crippen LogP contribution in [-0.2, 0) is 6.54 Å². The van der Waals surface area contributed by atoms with Gasteiger partial charge in [0.15, 0.2) is 0 Å². The molecule has 0 amide bonds. The van der Waals surface area contributed by atoms with Gasteiger partial charge in [-0.05, 0) is 56.0 Å². The lowest BCUT2D eigenvalue weighted by atomic mass is 9.96. The van der Waals surface area contributed by atoms with Crippen molar-refractivity contribution in [1.82, 2.24) is 14.5 Å². The van der Waals surface area contributed by atoms with Crippen molar-refractivity contribution in [2.24, 2.45) is 0 Å². The fourth-order valence-corrected chi connectivity index (χ4v) is 4.92. The molecule has 168 valence electrons. The first-order valence-corrected chi connectivity index (χ1v) is 12.2. The van der Waals surface area contributed by atoms with Crippen LogP contribution in [0.25, 0.3) is 0 Å². The molecule has 0 unspecified atom stereocenters. The molecular formula is C25H30N4O2S. The molecule has 0 aliphatic carbocycles. The number of benzene rings is 1. The number of aryl methyl sites for hydroxylation is 1. The molecule has 1 N–H and O–H groups in total. The second-order valence-corrected chi connectivity index (χ2v) is 8.90. The molecule has 3 aromatic rings. The predicted octanol–water partition coefficient (Wildman–Crippen LogP) is 3.91. The normalized spacial score (nSPS) is 15.7. The van der Waals surface area contributed by atoms with E-state index < -0.39 is 0 Å². The van der Waals surface area contributed by atoms with E-state index in [0.29, 0.717) is 12.1 Å². The van der Waals surface area contributed by atoms with Crippen LogP contribution in [0.4, 0.5) is 5.82 Å². The molecule has 32 heavy (non-hydrogen) atoms. The average Bonchev–Trinajstić information content (AvgIpc) is 2.83. The van der Waals surface area contributed by atoms with Gasteiger partial charge in [0.25, 0.3) is 5.56 Å². The highest BCUT2D eigenvalue weighted by Crippen LogP contribution is 2.34. The third-order valence-corrected chi connectivity index (χ3v) is 6.94. The number of hydrogen-bond donors (Lipinski definition) is 1. The van der Waals surface area contributed by atoms with Crippen LogP contribution < -0.4 is 10.5 Å². The first kappa shape index (κ1) is 22.4. The maximum Gasteiger partial charge on any atom is 0.259 e. The Labute approximate surface area is 193 Å². The van der Waals surface area contributed by atoms with Crippen LogP contribution in [0.1, 0.15) is 29.8 Å². The van der Waals surface area contributed by atoms with Crippen molar-refractivity contribution < 1.29 is 5.11 Å². The fourth-order valence-electron chi connectivity index (χ4n) is 4.51. The highest BCUT2D eigenvalue weighted by molar-refractivity contribution is 7.98. The van der Waals surface area contributed by atoms with Crippen LogP contribution >= 0.6 is 11.8 Å². The Kier molecular flexibility index (Phi) is 6.86. The van der Waals surface area contributed by atoms with Crippen molar-refractivity contribution in [3.63, 3.8) is 0 Å². The summed E-state index contributed by atoms with van der Waals surface area (Å²) in [6, 6.07) is 15.7. The van der Waals surface area contributed by atoms with E-state index in [1.54, 1.807) is 22.4 Å². The molecule has 0 radical (unpaired) electrons. The zero-order valence-corrected chi connectivity index (χ0v) is 19.7. The zero-order valence-electron chi connectivity index (χ0n) is 18.9. The van der Waals surface area contributed by atoms with Crippen LogP contribution in [0.15, 0.2) is 64.4 Å². The Morgan fingerprint density at radius 2 is 1.81 bits per heavy atom. The van der Waals surface area contributed by atoms with E-state index in [4.69, 9.17) is 0 Å². The summed E-state index contributed by atoms with van der Waals surface area (Å²) in [5, 5.41) is 10.9. The molecule has 2 aromatic heterocycles. The van der Waals surface area contributed by atoms with E-state index >= 15 is 0 Å². The zero-order chi connectivity index (χ0) is 22.7. The van der Waals surface area contributed by atoms with E-state index in [-0.39, 0.29) is 17.4 Å². The van der Waals surface area contributed by atoms with E-state index in [1.165, 1.54) is 4.90 Å². The number of thioether (sulfide) groups is 1. The highest BCUT2D eigenvalue weighted by Gasteiger charge is 2.31. The Hall–Kier alpha value is -2.77. The standard InChI is InChI=1S/C25H30N4O2S/c1-4-29-18(2)17-21(30)23(25(29)31)24(19-8-10-20(32-3)11-9-19)28-15-13-27(14-16-28)22-7-5-6-12-26-22/h5-12,17,24,30H,4,13-16H2,1-3H3/t24-/m1/s1. The number of pyridine rings is 2. The number of rotatable bonds is 6. The molecule has 1 atom stereocenters. The molecule has 7 heteroatoms. The van der Waals surface area contributed by atoms with Crippen LogP contribution in [-0.4, -0.2) is 52.0 Å². The van der Waals surface area contributed by atoms with Gasteiger partial charge in [0.2, 0.25) is 0 Å². The van der Waals surface area contributed by atoms with Gasteiger partial charge in [-0.1, -0.05) is 18.2 Å². The lowest BCUT2D eigenvalue weighted by molar-refractivity contribution is 0.207. The van der Waals surface area contributed by atoms with Gasteiger partial charge in [-0.3, -0.25) is 9.69 Å². The van der Waals surface area contributed by atoms with E-state index in [9.17, 15) is 9.90 Å². The molecule has 1 saturated heterocycles. The van der Waals surface area contributed by atoms with Crippen molar-refractivity contribution in [3.05, 3.63) is 81.9 Å². The predicted molar refractivity (Wildman–Crippen MR) is 131 cm³/mol. The first-order chi connectivity index (χ1) is 15.5.